The number of nitrogens with zero attached hydrogens (tertiary/aromatic N) is 1. The molecule has 0 fully saturated rings. The highest BCUT2D eigenvalue weighted by atomic mass is 16.5. The van der Waals surface area contributed by atoms with Gasteiger partial charge in [-0.1, -0.05) is 18.2 Å². The van der Waals surface area contributed by atoms with Crippen molar-refractivity contribution in [1.29, 1.82) is 0 Å². The van der Waals surface area contributed by atoms with Gasteiger partial charge in [0.2, 0.25) is 0 Å². The molecule has 1 aromatic carbocycles. The number of methoxy groups -OCH3 is 1. The third-order valence-corrected chi connectivity index (χ3v) is 2.52. The molecule has 88 valence electrons. The maximum absolute atomic E-state index is 5.11. The fourth-order valence-corrected chi connectivity index (χ4v) is 1.58. The molecule has 1 heterocycles. The molecule has 3 heteroatoms. The van der Waals surface area contributed by atoms with E-state index in [-0.39, 0.29) is 0 Å². The van der Waals surface area contributed by atoms with Crippen LogP contribution in [0.25, 0.3) is 0 Å². The van der Waals surface area contributed by atoms with Gasteiger partial charge in [-0.25, -0.2) is 4.98 Å². The van der Waals surface area contributed by atoms with Gasteiger partial charge in [-0.05, 0) is 36.8 Å². The van der Waals surface area contributed by atoms with E-state index in [0.29, 0.717) is 0 Å². The summed E-state index contributed by atoms with van der Waals surface area (Å²) in [5.41, 5.74) is 2.22. The molecular weight excluding hydrogens is 212 g/mol. The number of ether oxygens (including phenoxy) is 1. The fraction of sp³-hybridized carbons (Fsp3) is 0.214. The predicted octanol–water partition coefficient (Wildman–Crippen LogP) is 3.01. The standard InChI is InChI=1S/C14H16N2O/c1-11-4-3-5-14(16-11)15-10-12-6-8-13(17-2)9-7-12/h3-9H,10H2,1-2H3,(H,15,16). The predicted molar refractivity (Wildman–Crippen MR) is 69.3 cm³/mol. The Morgan fingerprint density at radius 3 is 2.53 bits per heavy atom. The normalized spacial score (nSPS) is 10.0. The molecule has 0 aliphatic heterocycles. The van der Waals surface area contributed by atoms with Crippen LogP contribution < -0.4 is 10.1 Å². The molecule has 0 saturated heterocycles. The van der Waals surface area contributed by atoms with E-state index in [2.05, 4.69) is 10.3 Å². The van der Waals surface area contributed by atoms with E-state index in [1.165, 1.54) is 5.56 Å². The molecule has 1 aromatic heterocycles. The maximum atomic E-state index is 5.11. The van der Waals surface area contributed by atoms with Crippen LogP contribution >= 0.6 is 0 Å². The number of benzene rings is 1. The maximum Gasteiger partial charge on any atom is 0.126 e. The zero-order chi connectivity index (χ0) is 12.1. The Bertz CT molecular complexity index is 480. The lowest BCUT2D eigenvalue weighted by atomic mass is 10.2. The number of hydrogen-bond acceptors (Lipinski definition) is 3. The van der Waals surface area contributed by atoms with E-state index >= 15 is 0 Å². The number of aromatic nitrogens is 1. The first-order valence-electron chi connectivity index (χ1n) is 5.58. The zero-order valence-electron chi connectivity index (χ0n) is 10.1. The summed E-state index contributed by atoms with van der Waals surface area (Å²) < 4.78 is 5.11. The van der Waals surface area contributed by atoms with Gasteiger partial charge in [0.25, 0.3) is 0 Å². The Morgan fingerprint density at radius 2 is 1.88 bits per heavy atom. The first-order chi connectivity index (χ1) is 8.28. The van der Waals surface area contributed by atoms with Gasteiger partial charge in [-0.3, -0.25) is 0 Å². The van der Waals surface area contributed by atoms with Crippen LogP contribution in [0.1, 0.15) is 11.3 Å². The molecule has 0 saturated carbocycles. The van der Waals surface area contributed by atoms with Gasteiger partial charge in [0.15, 0.2) is 0 Å². The average molecular weight is 228 g/mol. The minimum atomic E-state index is 0.764. The molecule has 2 rings (SSSR count). The number of anilines is 1. The van der Waals surface area contributed by atoms with Gasteiger partial charge in [0.05, 0.1) is 7.11 Å². The van der Waals surface area contributed by atoms with Crippen LogP contribution in [0, 0.1) is 6.92 Å². The Balaban J connectivity index is 1.97. The lowest BCUT2D eigenvalue weighted by Crippen LogP contribution is -2.01. The molecule has 0 bridgehead atoms. The average Bonchev–Trinajstić information content (AvgIpc) is 2.37. The Hall–Kier alpha value is -2.03. The topological polar surface area (TPSA) is 34.1 Å². The number of nitrogens with one attached hydrogen (secondary N) is 1. The third kappa shape index (κ3) is 3.21. The molecular formula is C14H16N2O. The van der Waals surface area contributed by atoms with Crippen molar-refractivity contribution in [2.24, 2.45) is 0 Å². The van der Waals surface area contributed by atoms with Crippen LogP contribution in [0.15, 0.2) is 42.5 Å². The molecule has 0 radical (unpaired) electrons. The summed E-state index contributed by atoms with van der Waals surface area (Å²) in [5.74, 6) is 1.78. The van der Waals surface area contributed by atoms with E-state index in [0.717, 1.165) is 23.8 Å². The van der Waals surface area contributed by atoms with E-state index < -0.39 is 0 Å². The van der Waals surface area contributed by atoms with Gasteiger partial charge >= 0.3 is 0 Å². The van der Waals surface area contributed by atoms with Crippen LogP contribution in [0.5, 0.6) is 5.75 Å². The summed E-state index contributed by atoms with van der Waals surface area (Å²) in [6, 6.07) is 14.0. The second kappa shape index (κ2) is 5.34. The molecule has 1 N–H and O–H groups in total. The Labute approximate surface area is 101 Å². The van der Waals surface area contributed by atoms with Crippen molar-refractivity contribution in [1.82, 2.24) is 4.98 Å². The monoisotopic (exact) mass is 228 g/mol. The van der Waals surface area contributed by atoms with Crippen molar-refractivity contribution in [3.63, 3.8) is 0 Å². The van der Waals surface area contributed by atoms with E-state index in [1.54, 1.807) is 7.11 Å². The van der Waals surface area contributed by atoms with E-state index in [9.17, 15) is 0 Å². The lowest BCUT2D eigenvalue weighted by Gasteiger charge is -2.07. The summed E-state index contributed by atoms with van der Waals surface area (Å²) in [4.78, 5) is 4.39. The van der Waals surface area contributed by atoms with Gasteiger partial charge in [-0.15, -0.1) is 0 Å². The second-order valence-electron chi connectivity index (χ2n) is 3.87. The van der Waals surface area contributed by atoms with E-state index in [1.807, 2.05) is 49.4 Å². The second-order valence-corrected chi connectivity index (χ2v) is 3.87. The van der Waals surface area contributed by atoms with Gasteiger partial charge < -0.3 is 10.1 Å². The fourth-order valence-electron chi connectivity index (χ4n) is 1.58. The van der Waals surface area contributed by atoms with Crippen molar-refractivity contribution in [3.05, 3.63) is 53.7 Å². The molecule has 0 atom stereocenters. The molecule has 2 aromatic rings. The minimum absolute atomic E-state index is 0.764. The van der Waals surface area contributed by atoms with Crippen molar-refractivity contribution in [2.75, 3.05) is 12.4 Å². The quantitative estimate of drug-likeness (QED) is 0.873. The Morgan fingerprint density at radius 1 is 1.12 bits per heavy atom. The van der Waals surface area contributed by atoms with Crippen molar-refractivity contribution in [2.45, 2.75) is 13.5 Å². The summed E-state index contributed by atoms with van der Waals surface area (Å²) in [6.07, 6.45) is 0. The summed E-state index contributed by atoms with van der Waals surface area (Å²) >= 11 is 0. The lowest BCUT2D eigenvalue weighted by molar-refractivity contribution is 0.414. The van der Waals surface area contributed by atoms with Crippen LogP contribution in [0.4, 0.5) is 5.82 Å². The van der Waals surface area contributed by atoms with Crippen LogP contribution in [0.3, 0.4) is 0 Å². The Kier molecular flexibility index (Phi) is 3.60. The van der Waals surface area contributed by atoms with E-state index in [4.69, 9.17) is 4.74 Å². The molecule has 0 unspecified atom stereocenters. The van der Waals surface area contributed by atoms with Crippen molar-refractivity contribution < 1.29 is 4.74 Å². The molecule has 0 amide bonds. The number of aryl methyl sites for hydroxylation is 1. The SMILES string of the molecule is COc1ccc(CNc2cccc(C)n2)cc1. The third-order valence-electron chi connectivity index (χ3n) is 2.52. The summed E-state index contributed by atoms with van der Waals surface area (Å²) in [7, 11) is 1.67. The number of pyridine rings is 1. The molecule has 0 aliphatic rings. The highest BCUT2D eigenvalue weighted by molar-refractivity contribution is 5.37. The van der Waals surface area contributed by atoms with Gasteiger partial charge in [-0.2, -0.15) is 0 Å². The van der Waals surface area contributed by atoms with Crippen LogP contribution in [-0.4, -0.2) is 12.1 Å². The molecule has 17 heavy (non-hydrogen) atoms. The zero-order valence-corrected chi connectivity index (χ0v) is 10.1. The minimum Gasteiger partial charge on any atom is -0.497 e. The van der Waals surface area contributed by atoms with Crippen molar-refractivity contribution >= 4 is 5.82 Å². The number of hydrogen-bond donors (Lipinski definition) is 1. The number of rotatable bonds is 4. The van der Waals surface area contributed by atoms with Gasteiger partial charge in [0.1, 0.15) is 11.6 Å². The van der Waals surface area contributed by atoms with Gasteiger partial charge in [0, 0.05) is 12.2 Å². The summed E-state index contributed by atoms with van der Waals surface area (Å²) in [5, 5.41) is 3.29. The molecule has 0 aliphatic carbocycles. The summed E-state index contributed by atoms with van der Waals surface area (Å²) in [6.45, 7) is 2.75. The first-order valence-corrected chi connectivity index (χ1v) is 5.58. The molecule has 0 spiro atoms. The highest BCUT2D eigenvalue weighted by Gasteiger charge is 1.96. The van der Waals surface area contributed by atoms with Crippen LogP contribution in [0.2, 0.25) is 0 Å². The first kappa shape index (κ1) is 11.5. The largest absolute Gasteiger partial charge is 0.497 e. The van der Waals surface area contributed by atoms with Crippen LogP contribution in [-0.2, 0) is 6.54 Å². The van der Waals surface area contributed by atoms with Crippen molar-refractivity contribution in [3.8, 4) is 5.75 Å². The highest BCUT2D eigenvalue weighted by Crippen LogP contribution is 2.12. The molecule has 3 nitrogen and oxygen atoms in total. The smallest absolute Gasteiger partial charge is 0.126 e.